The molecule has 0 bridgehead atoms. The first-order chi connectivity index (χ1) is 15.3. The molecular formula is C21H16ClF2N5O2S. The Morgan fingerprint density at radius 2 is 2.00 bits per heavy atom. The number of nitrogens with zero attached hydrogens (tertiary/aromatic N) is 3. The van der Waals surface area contributed by atoms with Crippen molar-refractivity contribution in [3.8, 4) is 11.1 Å². The van der Waals surface area contributed by atoms with E-state index in [9.17, 15) is 18.4 Å². The Balaban J connectivity index is 1.94. The Morgan fingerprint density at radius 3 is 2.59 bits per heavy atom. The van der Waals surface area contributed by atoms with E-state index in [4.69, 9.17) is 17.3 Å². The molecule has 3 N–H and O–H groups in total. The van der Waals surface area contributed by atoms with Crippen LogP contribution in [0.25, 0.3) is 21.3 Å². The molecule has 0 atom stereocenters. The summed E-state index contributed by atoms with van der Waals surface area (Å²) in [4.78, 5) is 29.2. The van der Waals surface area contributed by atoms with Gasteiger partial charge in [0.15, 0.2) is 5.69 Å². The van der Waals surface area contributed by atoms with Crippen molar-refractivity contribution in [3.05, 3.63) is 63.9 Å². The minimum absolute atomic E-state index is 0.0181. The van der Waals surface area contributed by atoms with E-state index < -0.39 is 23.9 Å². The summed E-state index contributed by atoms with van der Waals surface area (Å²) in [6.07, 6.45) is -1.32. The number of rotatable bonds is 6. The maximum atomic E-state index is 13.5. The van der Waals surface area contributed by atoms with Crippen LogP contribution in [-0.4, -0.2) is 26.6 Å². The number of fused-ring (bicyclic) bond motifs is 1. The molecule has 0 unspecified atom stereocenters. The van der Waals surface area contributed by atoms with Gasteiger partial charge in [0.25, 0.3) is 18.2 Å². The van der Waals surface area contributed by atoms with E-state index in [2.05, 4.69) is 15.4 Å². The smallest absolute Gasteiger partial charge is 0.280 e. The summed E-state index contributed by atoms with van der Waals surface area (Å²) in [5, 5.41) is 7.24. The molecule has 0 spiro atoms. The van der Waals surface area contributed by atoms with Gasteiger partial charge in [-0.2, -0.15) is 5.10 Å². The first-order valence-corrected chi connectivity index (χ1v) is 10.6. The van der Waals surface area contributed by atoms with Crippen molar-refractivity contribution >= 4 is 50.7 Å². The molecule has 0 fully saturated rings. The molecule has 7 nitrogen and oxygen atoms in total. The highest BCUT2D eigenvalue weighted by atomic mass is 35.5. The molecule has 2 amide bonds. The summed E-state index contributed by atoms with van der Waals surface area (Å²) in [7, 11) is 0. The van der Waals surface area contributed by atoms with Gasteiger partial charge < -0.3 is 11.1 Å². The number of nitrogens with two attached hydrogens (primary N) is 1. The van der Waals surface area contributed by atoms with Crippen molar-refractivity contribution in [2.24, 2.45) is 5.73 Å². The second-order valence-electron chi connectivity index (χ2n) is 6.75. The number of aromatic nitrogens is 3. The van der Waals surface area contributed by atoms with Gasteiger partial charge in [-0.05, 0) is 24.1 Å². The van der Waals surface area contributed by atoms with Crippen LogP contribution < -0.4 is 11.1 Å². The summed E-state index contributed by atoms with van der Waals surface area (Å²) >= 11 is 6.96. The van der Waals surface area contributed by atoms with Crippen molar-refractivity contribution in [3.63, 3.8) is 0 Å². The molecular weight excluding hydrogens is 460 g/mol. The number of carbonyl (C=O) groups excluding carboxylic acids is 2. The molecule has 3 heterocycles. The van der Waals surface area contributed by atoms with Crippen molar-refractivity contribution < 1.29 is 18.4 Å². The van der Waals surface area contributed by atoms with E-state index >= 15 is 0 Å². The largest absolute Gasteiger partial charge is 0.365 e. The lowest BCUT2D eigenvalue weighted by atomic mass is 10.0. The molecule has 0 radical (unpaired) electrons. The van der Waals surface area contributed by atoms with Crippen LogP contribution in [0.3, 0.4) is 0 Å². The van der Waals surface area contributed by atoms with Crippen molar-refractivity contribution in [1.82, 2.24) is 14.8 Å². The van der Waals surface area contributed by atoms with Gasteiger partial charge in [-0.3, -0.25) is 14.3 Å². The van der Waals surface area contributed by atoms with Crippen LogP contribution >= 0.6 is 22.9 Å². The number of hydrogen-bond acceptors (Lipinski definition) is 5. The number of alkyl halides is 2. The fraction of sp³-hybridized carbons (Fsp3) is 0.143. The average molecular weight is 476 g/mol. The van der Waals surface area contributed by atoms with Crippen LogP contribution in [0.4, 0.5) is 14.5 Å². The number of halogens is 3. The third kappa shape index (κ3) is 3.94. The van der Waals surface area contributed by atoms with Gasteiger partial charge in [0.1, 0.15) is 15.4 Å². The van der Waals surface area contributed by atoms with Gasteiger partial charge >= 0.3 is 0 Å². The highest BCUT2D eigenvalue weighted by Crippen LogP contribution is 2.42. The van der Waals surface area contributed by atoms with Gasteiger partial charge in [-0.25, -0.2) is 13.8 Å². The molecule has 0 aliphatic carbocycles. The summed E-state index contributed by atoms with van der Waals surface area (Å²) in [5.41, 5.74) is 6.12. The number of hydrogen-bond donors (Lipinski definition) is 2. The van der Waals surface area contributed by atoms with Crippen molar-refractivity contribution in [1.29, 1.82) is 0 Å². The number of aryl methyl sites for hydroxylation is 1. The Morgan fingerprint density at radius 1 is 1.28 bits per heavy atom. The lowest BCUT2D eigenvalue weighted by molar-refractivity contribution is 0.100. The van der Waals surface area contributed by atoms with Gasteiger partial charge in [0, 0.05) is 18.1 Å². The van der Waals surface area contributed by atoms with Gasteiger partial charge in [0.2, 0.25) is 0 Å². The quantitative estimate of drug-likeness (QED) is 0.404. The van der Waals surface area contributed by atoms with E-state index in [0.717, 1.165) is 11.3 Å². The summed E-state index contributed by atoms with van der Waals surface area (Å²) < 4.78 is 28.5. The maximum absolute atomic E-state index is 13.5. The number of pyridine rings is 1. The van der Waals surface area contributed by atoms with Crippen LogP contribution in [-0.2, 0) is 6.54 Å². The highest BCUT2D eigenvalue weighted by Gasteiger charge is 2.26. The molecule has 0 saturated heterocycles. The first-order valence-electron chi connectivity index (χ1n) is 9.45. The zero-order chi connectivity index (χ0) is 23.0. The maximum Gasteiger partial charge on any atom is 0.280 e. The second-order valence-corrected chi connectivity index (χ2v) is 8.15. The zero-order valence-corrected chi connectivity index (χ0v) is 18.2. The number of primary amides is 1. The molecule has 3 aromatic heterocycles. The molecule has 0 saturated carbocycles. The molecule has 1 aromatic carbocycles. The Kier molecular flexibility index (Phi) is 5.90. The molecule has 0 aliphatic heterocycles. The topological polar surface area (TPSA) is 103 Å². The van der Waals surface area contributed by atoms with E-state index in [0.29, 0.717) is 23.1 Å². The number of benzene rings is 1. The number of carbonyl (C=O) groups is 2. The highest BCUT2D eigenvalue weighted by molar-refractivity contribution is 7.21. The molecule has 32 heavy (non-hydrogen) atoms. The van der Waals surface area contributed by atoms with Gasteiger partial charge in [0.05, 0.1) is 10.7 Å². The van der Waals surface area contributed by atoms with Crippen LogP contribution in [0.1, 0.15) is 39.2 Å². The van der Waals surface area contributed by atoms with Crippen LogP contribution in [0.5, 0.6) is 0 Å². The standard InChI is InChI=1S/C21H16ClF2N5O2S/c1-2-29-9-12(22)15(28-29)20(31)27-16-14-11(10-6-4-3-5-7-10)8-13(18(23)24)26-21(14)32-17(16)19(25)30/h3-9,18H,2H2,1H3,(H2,25,30)(H,27,31). The SMILES string of the molecule is CCn1cc(Cl)c(C(=O)Nc2c(C(N)=O)sc3nc(C(F)F)cc(-c4ccccc4)c23)n1. The van der Waals surface area contributed by atoms with Crippen LogP contribution in [0.2, 0.25) is 5.02 Å². The number of amides is 2. The monoisotopic (exact) mass is 475 g/mol. The Hall–Kier alpha value is -3.37. The lowest BCUT2D eigenvalue weighted by Gasteiger charge is -2.10. The molecule has 4 aromatic rings. The fourth-order valence-corrected chi connectivity index (χ4v) is 4.50. The van der Waals surface area contributed by atoms with Crippen LogP contribution in [0, 0.1) is 0 Å². The number of nitrogens with one attached hydrogen (secondary N) is 1. The molecule has 164 valence electrons. The van der Waals surface area contributed by atoms with Crippen LogP contribution in [0.15, 0.2) is 42.6 Å². The fourth-order valence-electron chi connectivity index (χ4n) is 3.25. The average Bonchev–Trinajstić information content (AvgIpc) is 3.34. The predicted molar refractivity (Wildman–Crippen MR) is 119 cm³/mol. The minimum Gasteiger partial charge on any atom is -0.365 e. The Labute approximate surface area is 189 Å². The van der Waals surface area contributed by atoms with Gasteiger partial charge in [-0.15, -0.1) is 11.3 Å². The number of anilines is 1. The van der Waals surface area contributed by atoms with E-state index in [1.807, 2.05) is 6.92 Å². The zero-order valence-electron chi connectivity index (χ0n) is 16.6. The summed E-state index contributed by atoms with van der Waals surface area (Å²) in [6, 6.07) is 10.00. The Bertz CT molecular complexity index is 1340. The molecule has 0 aliphatic rings. The van der Waals surface area contributed by atoms with E-state index in [1.165, 1.54) is 16.9 Å². The van der Waals surface area contributed by atoms with Gasteiger partial charge in [-0.1, -0.05) is 41.9 Å². The third-order valence-electron chi connectivity index (χ3n) is 4.71. The second kappa shape index (κ2) is 8.64. The summed E-state index contributed by atoms with van der Waals surface area (Å²) in [6.45, 7) is 2.33. The van der Waals surface area contributed by atoms with Crippen molar-refractivity contribution in [2.45, 2.75) is 19.9 Å². The summed E-state index contributed by atoms with van der Waals surface area (Å²) in [5.74, 6) is -1.49. The third-order valence-corrected chi connectivity index (χ3v) is 6.08. The normalized spacial score (nSPS) is 11.3. The van der Waals surface area contributed by atoms with Crippen molar-refractivity contribution in [2.75, 3.05) is 5.32 Å². The minimum atomic E-state index is -2.82. The predicted octanol–water partition coefficient (Wildman–Crippen LogP) is 5.12. The molecule has 11 heteroatoms. The number of thiophene rings is 1. The van der Waals surface area contributed by atoms with E-state index in [1.54, 1.807) is 30.3 Å². The first kappa shape index (κ1) is 21.8. The lowest BCUT2D eigenvalue weighted by Crippen LogP contribution is -2.17. The van der Waals surface area contributed by atoms with E-state index in [-0.39, 0.29) is 26.1 Å². The molecule has 4 rings (SSSR count).